The molecule has 0 amide bonds. The molecule has 1 aromatic heterocycles. The molecule has 2 rings (SSSR count). The predicted molar refractivity (Wildman–Crippen MR) is 54.0 cm³/mol. The third-order valence-electron chi connectivity index (χ3n) is 1.79. The molecule has 76 valence electrons. The maximum atomic E-state index is 10.4. The number of oxazole rings is 1. The Hall–Kier alpha value is -0.620. The molecule has 0 aliphatic heterocycles. The molecule has 0 aliphatic rings. The van der Waals surface area contributed by atoms with E-state index in [0.29, 0.717) is 5.76 Å². The van der Waals surface area contributed by atoms with Crippen molar-refractivity contribution >= 4 is 21.9 Å². The molecule has 0 radical (unpaired) electrons. The summed E-state index contributed by atoms with van der Waals surface area (Å²) in [6.45, 7) is 0. The second-order valence-electron chi connectivity index (χ2n) is 2.83. The number of benzene rings is 1. The van der Waals surface area contributed by atoms with Gasteiger partial charge in [-0.25, -0.2) is 4.98 Å². The third-order valence-corrected chi connectivity index (χ3v) is 2.28. The number of halogens is 1. The molecule has 16 heavy (non-hydrogen) atoms. The Morgan fingerprint density at radius 3 is 2.75 bits per heavy atom. The fourth-order valence-corrected chi connectivity index (χ4v) is 1.54. The maximum Gasteiger partial charge on any atom is 1.00 e. The summed E-state index contributed by atoms with van der Waals surface area (Å²) in [5.74, 6) is -1.43. The first-order chi connectivity index (χ1) is 7.16. The van der Waals surface area contributed by atoms with E-state index in [2.05, 4.69) is 20.9 Å². The number of nitrogens with zero attached hydrogens (tertiary/aromatic N) is 1. The number of carbonyl (C=O) groups excluding carboxylic acids is 1. The number of aromatic nitrogens is 1. The maximum absolute atomic E-state index is 10.4. The van der Waals surface area contributed by atoms with Gasteiger partial charge in [0.25, 0.3) is 0 Å². The molecule has 0 unspecified atom stereocenters. The zero-order chi connectivity index (χ0) is 10.8. The van der Waals surface area contributed by atoms with E-state index in [1.807, 2.05) is 12.1 Å². The molecule has 0 saturated heterocycles. The summed E-state index contributed by atoms with van der Waals surface area (Å²) in [4.78, 5) is 14.0. The summed E-state index contributed by atoms with van der Waals surface area (Å²) in [7, 11) is 0. The number of hydrogen-bond donors (Lipinski definition) is 0. The summed E-state index contributed by atoms with van der Waals surface area (Å²) >= 11 is 3.30. The molecule has 0 fully saturated rings. The van der Waals surface area contributed by atoms with Gasteiger partial charge in [0, 0.05) is 10.0 Å². The minimum absolute atomic E-state index is 0. The number of hydrogen-bond acceptors (Lipinski definition) is 4. The Labute approximate surface area is 122 Å². The molecule has 0 atom stereocenters. The summed E-state index contributed by atoms with van der Waals surface area (Å²) in [5, 5.41) is 10.4. The van der Waals surface area contributed by atoms with Crippen LogP contribution in [0.2, 0.25) is 0 Å². The Morgan fingerprint density at radius 1 is 1.44 bits per heavy atom. The van der Waals surface area contributed by atoms with Crippen LogP contribution in [0.5, 0.6) is 0 Å². The van der Waals surface area contributed by atoms with E-state index >= 15 is 0 Å². The van der Waals surface area contributed by atoms with Crippen LogP contribution in [-0.2, 0) is 0 Å². The number of aromatic carboxylic acids is 1. The quantitative estimate of drug-likeness (QED) is 0.630. The minimum atomic E-state index is -1.42. The molecule has 2 aromatic rings. The van der Waals surface area contributed by atoms with E-state index < -0.39 is 11.9 Å². The van der Waals surface area contributed by atoms with Crippen LogP contribution >= 0.6 is 15.9 Å². The van der Waals surface area contributed by atoms with Gasteiger partial charge in [-0.15, -0.1) is 0 Å². The van der Waals surface area contributed by atoms with Crippen LogP contribution in [0, 0.1) is 0 Å². The largest absolute Gasteiger partial charge is 1.00 e. The SMILES string of the molecule is O=C([O-])c1ncc(-c2cccc(Br)c2)o1.[Na+]. The Bertz CT molecular complexity index is 512. The average molecular weight is 290 g/mol. The van der Waals surface area contributed by atoms with E-state index in [0.717, 1.165) is 10.0 Å². The number of carbonyl (C=O) groups is 1. The molecule has 0 spiro atoms. The van der Waals surface area contributed by atoms with E-state index in [1.165, 1.54) is 6.20 Å². The van der Waals surface area contributed by atoms with Crippen molar-refractivity contribution in [1.29, 1.82) is 0 Å². The molecule has 0 bridgehead atoms. The molecule has 1 aromatic carbocycles. The zero-order valence-corrected chi connectivity index (χ0v) is 12.0. The van der Waals surface area contributed by atoms with Crippen LogP contribution in [0.3, 0.4) is 0 Å². The summed E-state index contributed by atoms with van der Waals surface area (Å²) in [6.07, 6.45) is 1.35. The molecular formula is C10H5BrNNaO3. The van der Waals surface area contributed by atoms with Crippen LogP contribution in [0.15, 0.2) is 39.4 Å². The van der Waals surface area contributed by atoms with Crippen LogP contribution in [0.4, 0.5) is 0 Å². The van der Waals surface area contributed by atoms with Gasteiger partial charge in [0.2, 0.25) is 5.89 Å². The monoisotopic (exact) mass is 289 g/mol. The summed E-state index contributed by atoms with van der Waals surface area (Å²) in [5.41, 5.74) is 0.754. The first-order valence-corrected chi connectivity index (χ1v) is 4.89. The minimum Gasteiger partial charge on any atom is -0.540 e. The molecule has 4 nitrogen and oxygen atoms in total. The van der Waals surface area contributed by atoms with Gasteiger partial charge in [-0.2, -0.15) is 0 Å². The third kappa shape index (κ3) is 2.95. The first kappa shape index (κ1) is 13.4. The van der Waals surface area contributed by atoms with E-state index in [-0.39, 0.29) is 29.6 Å². The Balaban J connectivity index is 0.00000128. The number of carboxylic acid groups (broad SMARTS) is 1. The van der Waals surface area contributed by atoms with Crippen molar-refractivity contribution in [2.45, 2.75) is 0 Å². The van der Waals surface area contributed by atoms with Crippen molar-refractivity contribution in [1.82, 2.24) is 4.98 Å². The van der Waals surface area contributed by atoms with Gasteiger partial charge >= 0.3 is 29.6 Å². The van der Waals surface area contributed by atoms with Gasteiger partial charge in [-0.3, -0.25) is 0 Å². The van der Waals surface area contributed by atoms with Gasteiger partial charge in [-0.1, -0.05) is 28.1 Å². The van der Waals surface area contributed by atoms with E-state index in [1.54, 1.807) is 12.1 Å². The van der Waals surface area contributed by atoms with Crippen LogP contribution in [0.1, 0.15) is 10.7 Å². The van der Waals surface area contributed by atoms with Crippen molar-refractivity contribution in [2.24, 2.45) is 0 Å². The van der Waals surface area contributed by atoms with Gasteiger partial charge in [0.05, 0.1) is 6.20 Å². The Kier molecular flexibility index (Phi) is 4.73. The van der Waals surface area contributed by atoms with Gasteiger partial charge in [0.15, 0.2) is 5.76 Å². The molecule has 0 aliphatic carbocycles. The van der Waals surface area contributed by atoms with E-state index in [9.17, 15) is 9.90 Å². The van der Waals surface area contributed by atoms with Gasteiger partial charge in [-0.05, 0) is 12.1 Å². The number of rotatable bonds is 2. The molecule has 0 saturated carbocycles. The smallest absolute Gasteiger partial charge is 0.540 e. The second-order valence-corrected chi connectivity index (χ2v) is 3.74. The summed E-state index contributed by atoms with van der Waals surface area (Å²) < 4.78 is 5.87. The normalized spacial score (nSPS) is 9.56. The second kappa shape index (κ2) is 5.63. The van der Waals surface area contributed by atoms with Crippen molar-refractivity contribution in [3.05, 3.63) is 40.8 Å². The zero-order valence-electron chi connectivity index (χ0n) is 8.44. The molecule has 0 N–H and O–H groups in total. The molecule has 6 heteroatoms. The topological polar surface area (TPSA) is 66.2 Å². The van der Waals surface area contributed by atoms with Gasteiger partial charge in [0.1, 0.15) is 5.97 Å². The molecular weight excluding hydrogens is 285 g/mol. The summed E-state index contributed by atoms with van der Waals surface area (Å²) in [6, 6.07) is 7.28. The standard InChI is InChI=1S/C10H6BrNO3.Na/c11-7-3-1-2-6(4-7)8-5-12-9(15-8)10(13)14;/h1-5H,(H,13,14);/q;+1/p-1. The predicted octanol–water partition coefficient (Wildman–Crippen LogP) is -1.53. The fraction of sp³-hybridized carbons (Fsp3) is 0. The van der Waals surface area contributed by atoms with Gasteiger partial charge < -0.3 is 14.3 Å². The number of carboxylic acids is 1. The van der Waals surface area contributed by atoms with Crippen molar-refractivity contribution in [3.63, 3.8) is 0 Å². The average Bonchev–Trinajstić information content (AvgIpc) is 2.66. The van der Waals surface area contributed by atoms with Crippen LogP contribution in [0.25, 0.3) is 11.3 Å². The van der Waals surface area contributed by atoms with Crippen molar-refractivity contribution in [3.8, 4) is 11.3 Å². The first-order valence-electron chi connectivity index (χ1n) is 4.10. The fourth-order valence-electron chi connectivity index (χ4n) is 1.14. The van der Waals surface area contributed by atoms with Crippen LogP contribution in [-0.4, -0.2) is 11.0 Å². The van der Waals surface area contributed by atoms with E-state index in [4.69, 9.17) is 4.42 Å². The van der Waals surface area contributed by atoms with Crippen molar-refractivity contribution in [2.75, 3.05) is 0 Å². The van der Waals surface area contributed by atoms with Crippen molar-refractivity contribution < 1.29 is 43.9 Å². The Morgan fingerprint density at radius 2 is 2.19 bits per heavy atom. The molecule has 1 heterocycles. The van der Waals surface area contributed by atoms with Crippen LogP contribution < -0.4 is 34.7 Å².